The molecule has 0 radical (unpaired) electrons. The molecule has 1 atom stereocenters. The van der Waals surface area contributed by atoms with E-state index in [1.165, 1.54) is 23.1 Å². The highest BCUT2D eigenvalue weighted by atomic mass is 19.1. The van der Waals surface area contributed by atoms with Crippen LogP contribution in [0.5, 0.6) is 5.75 Å². The summed E-state index contributed by atoms with van der Waals surface area (Å²) in [5, 5.41) is 12.2. The van der Waals surface area contributed by atoms with Crippen LogP contribution in [-0.4, -0.2) is 28.4 Å². The minimum Gasteiger partial charge on any atom is -0.507 e. The van der Waals surface area contributed by atoms with Crippen LogP contribution in [-0.2, 0) is 16.0 Å². The van der Waals surface area contributed by atoms with E-state index in [1.807, 2.05) is 24.3 Å². The molecule has 6 nitrogen and oxygen atoms in total. The van der Waals surface area contributed by atoms with Gasteiger partial charge in [0.15, 0.2) is 0 Å². The number of benzene rings is 3. The van der Waals surface area contributed by atoms with Gasteiger partial charge in [-0.1, -0.05) is 24.3 Å². The van der Waals surface area contributed by atoms with Gasteiger partial charge in [0.05, 0.1) is 18.2 Å². The molecule has 2 aliphatic heterocycles. The van der Waals surface area contributed by atoms with Crippen LogP contribution in [0.25, 0.3) is 16.7 Å². The van der Waals surface area contributed by atoms with Gasteiger partial charge in [0.25, 0.3) is 11.7 Å². The Balaban J connectivity index is 1.60. The Kier molecular flexibility index (Phi) is 4.52. The van der Waals surface area contributed by atoms with Crippen molar-refractivity contribution in [2.75, 3.05) is 11.5 Å². The number of rotatable bonds is 3. The van der Waals surface area contributed by atoms with Crippen LogP contribution in [0.2, 0.25) is 0 Å². The molecule has 1 fully saturated rings. The lowest BCUT2D eigenvalue weighted by Crippen LogP contribution is -2.29. The molecule has 34 heavy (non-hydrogen) atoms. The number of aliphatic hydroxyl groups excluding tert-OH is 1. The van der Waals surface area contributed by atoms with Gasteiger partial charge >= 0.3 is 0 Å². The Labute approximate surface area is 193 Å². The molecular formula is C27H19FN2O4. The molecule has 1 saturated heterocycles. The third-order valence-electron chi connectivity index (χ3n) is 6.41. The lowest BCUT2D eigenvalue weighted by Gasteiger charge is -2.25. The number of ketones is 1. The number of aromatic nitrogens is 1. The number of hydrogen-bond donors (Lipinski definition) is 2. The number of aliphatic hydroxyl groups is 1. The first-order valence-corrected chi connectivity index (χ1v) is 10.9. The van der Waals surface area contributed by atoms with Crippen LogP contribution < -0.4 is 9.64 Å². The fourth-order valence-corrected chi connectivity index (χ4v) is 4.83. The predicted molar refractivity (Wildman–Crippen MR) is 125 cm³/mol. The van der Waals surface area contributed by atoms with E-state index in [9.17, 15) is 19.1 Å². The second-order valence-electron chi connectivity index (χ2n) is 8.36. The third kappa shape index (κ3) is 3.01. The van der Waals surface area contributed by atoms with Crippen molar-refractivity contribution in [1.29, 1.82) is 0 Å². The maximum atomic E-state index is 14.1. The summed E-state index contributed by atoms with van der Waals surface area (Å²) in [5.41, 5.74) is 2.98. The second-order valence-corrected chi connectivity index (χ2v) is 8.36. The molecule has 4 aromatic rings. The number of hydrogen-bond acceptors (Lipinski definition) is 4. The quantitative estimate of drug-likeness (QED) is 0.263. The van der Waals surface area contributed by atoms with Gasteiger partial charge in [-0.15, -0.1) is 0 Å². The number of aromatic amines is 1. The molecule has 2 N–H and O–H groups in total. The summed E-state index contributed by atoms with van der Waals surface area (Å²) in [5.74, 6) is -1.72. The topological polar surface area (TPSA) is 82.6 Å². The zero-order valence-electron chi connectivity index (χ0n) is 17.9. The van der Waals surface area contributed by atoms with Crippen LogP contribution in [0.3, 0.4) is 0 Å². The van der Waals surface area contributed by atoms with Gasteiger partial charge in [0.2, 0.25) is 0 Å². The number of nitrogens with one attached hydrogen (secondary N) is 1. The Morgan fingerprint density at radius 1 is 1.06 bits per heavy atom. The lowest BCUT2D eigenvalue weighted by atomic mass is 9.94. The molecule has 0 spiro atoms. The zero-order chi connectivity index (χ0) is 23.4. The zero-order valence-corrected chi connectivity index (χ0v) is 17.9. The van der Waals surface area contributed by atoms with E-state index in [0.29, 0.717) is 24.2 Å². The van der Waals surface area contributed by atoms with Crippen molar-refractivity contribution in [2.24, 2.45) is 0 Å². The first-order chi connectivity index (χ1) is 16.5. The van der Waals surface area contributed by atoms with Gasteiger partial charge in [-0.2, -0.15) is 0 Å². The molecule has 0 bridgehead atoms. The summed E-state index contributed by atoms with van der Waals surface area (Å²) in [6.45, 7) is 0.554. The highest BCUT2D eigenvalue weighted by molar-refractivity contribution is 6.51. The monoisotopic (exact) mass is 454 g/mol. The van der Waals surface area contributed by atoms with E-state index in [0.717, 1.165) is 22.2 Å². The van der Waals surface area contributed by atoms with E-state index in [1.54, 1.807) is 30.5 Å². The number of para-hydroxylation sites is 1. The fourth-order valence-electron chi connectivity index (χ4n) is 4.83. The number of carbonyl (C=O) groups is 2. The number of amides is 1. The molecule has 1 aromatic heterocycles. The molecular weight excluding hydrogens is 435 g/mol. The molecule has 3 aromatic carbocycles. The van der Waals surface area contributed by atoms with Gasteiger partial charge in [0, 0.05) is 40.3 Å². The van der Waals surface area contributed by atoms with E-state index < -0.39 is 23.5 Å². The normalized spacial score (nSPS) is 19.0. The summed E-state index contributed by atoms with van der Waals surface area (Å²) in [7, 11) is 0. The Morgan fingerprint density at radius 3 is 2.76 bits per heavy atom. The number of anilines is 1. The number of ether oxygens (including phenoxy) is 1. The van der Waals surface area contributed by atoms with Gasteiger partial charge in [-0.3, -0.25) is 14.5 Å². The van der Waals surface area contributed by atoms with E-state index >= 15 is 0 Å². The van der Waals surface area contributed by atoms with Gasteiger partial charge in [0.1, 0.15) is 17.3 Å². The minimum absolute atomic E-state index is 0.0436. The van der Waals surface area contributed by atoms with Gasteiger partial charge < -0.3 is 14.8 Å². The first-order valence-electron chi connectivity index (χ1n) is 10.9. The summed E-state index contributed by atoms with van der Waals surface area (Å²) in [6.07, 6.45) is 2.41. The molecule has 7 heteroatoms. The average molecular weight is 454 g/mol. The van der Waals surface area contributed by atoms with Crippen LogP contribution in [0, 0.1) is 5.82 Å². The van der Waals surface area contributed by atoms with Crippen molar-refractivity contribution in [1.82, 2.24) is 4.98 Å². The van der Waals surface area contributed by atoms with Crippen molar-refractivity contribution >= 4 is 34.0 Å². The number of carbonyl (C=O) groups excluding carboxylic acids is 2. The molecule has 1 unspecified atom stereocenters. The smallest absolute Gasteiger partial charge is 0.300 e. The third-order valence-corrected chi connectivity index (χ3v) is 6.41. The molecule has 6 rings (SSSR count). The Hall–Kier alpha value is -4.39. The summed E-state index contributed by atoms with van der Waals surface area (Å²) < 4.78 is 19.7. The summed E-state index contributed by atoms with van der Waals surface area (Å²) in [4.78, 5) is 31.0. The highest BCUT2D eigenvalue weighted by Crippen LogP contribution is 2.44. The van der Waals surface area contributed by atoms with Crippen LogP contribution >= 0.6 is 0 Å². The Morgan fingerprint density at radius 2 is 1.91 bits per heavy atom. The molecule has 0 saturated carbocycles. The average Bonchev–Trinajstić information content (AvgIpc) is 3.55. The van der Waals surface area contributed by atoms with Crippen molar-refractivity contribution in [2.45, 2.75) is 12.5 Å². The van der Waals surface area contributed by atoms with Crippen LogP contribution in [0.15, 0.2) is 78.5 Å². The molecule has 168 valence electrons. The van der Waals surface area contributed by atoms with Crippen molar-refractivity contribution in [3.05, 3.63) is 101 Å². The molecule has 2 aliphatic rings. The number of halogens is 1. The van der Waals surface area contributed by atoms with Crippen molar-refractivity contribution in [3.8, 4) is 5.75 Å². The maximum Gasteiger partial charge on any atom is 0.300 e. The molecule has 3 heterocycles. The van der Waals surface area contributed by atoms with Crippen molar-refractivity contribution < 1.29 is 23.8 Å². The maximum absolute atomic E-state index is 14.1. The highest BCUT2D eigenvalue weighted by Gasteiger charge is 2.47. The first kappa shape index (κ1) is 20.2. The number of fused-ring (bicyclic) bond motifs is 2. The molecule has 0 aliphatic carbocycles. The fraction of sp³-hybridized carbons (Fsp3) is 0.111. The molecule has 1 amide bonds. The van der Waals surface area contributed by atoms with E-state index in [-0.39, 0.29) is 17.0 Å². The predicted octanol–water partition coefficient (Wildman–Crippen LogP) is 4.87. The Bertz CT molecular complexity index is 1520. The number of nitrogens with zero attached hydrogens (tertiary/aromatic N) is 1. The standard InChI is InChI=1S/C27H19FN2O4/c28-17-4-3-5-18(13-17)30-24(20-14-29-21-7-2-1-6-19(20)21)23(26(32)27(30)33)25(31)16-8-9-22-15(12-16)10-11-34-22/h1-9,12-14,24,29,31H,10-11H2/b25-23+. The summed E-state index contributed by atoms with van der Waals surface area (Å²) >= 11 is 0. The number of H-pyrrole nitrogens is 1. The minimum atomic E-state index is -0.942. The second kappa shape index (κ2) is 7.59. The van der Waals surface area contributed by atoms with E-state index in [4.69, 9.17) is 4.74 Å². The van der Waals surface area contributed by atoms with Gasteiger partial charge in [-0.05, 0) is 48.0 Å². The van der Waals surface area contributed by atoms with Crippen molar-refractivity contribution in [3.63, 3.8) is 0 Å². The summed E-state index contributed by atoms with van der Waals surface area (Å²) in [6, 6.07) is 17.3. The SMILES string of the molecule is O=C1C(=O)N(c2cccc(F)c2)C(c2c[nH]c3ccccc23)/C1=C(\O)c1ccc2c(c1)CCO2. The largest absolute Gasteiger partial charge is 0.507 e. The lowest BCUT2D eigenvalue weighted by molar-refractivity contribution is -0.132. The van der Waals surface area contributed by atoms with Crippen LogP contribution in [0.1, 0.15) is 22.7 Å². The van der Waals surface area contributed by atoms with E-state index in [2.05, 4.69) is 4.98 Å². The number of Topliss-reactive ketones (excluding diaryl/α,β-unsaturated/α-hetero) is 1. The van der Waals surface area contributed by atoms with Gasteiger partial charge in [-0.25, -0.2) is 4.39 Å². The van der Waals surface area contributed by atoms with Crippen LogP contribution in [0.4, 0.5) is 10.1 Å².